The number of hydrogen-bond donors (Lipinski definition) is 1. The summed E-state index contributed by atoms with van der Waals surface area (Å²) < 4.78 is 61.3. The molecule has 0 atom stereocenters. The first kappa shape index (κ1) is 28.1. The lowest BCUT2D eigenvalue weighted by Gasteiger charge is -2.15. The van der Waals surface area contributed by atoms with Crippen LogP contribution in [-0.2, 0) is 7.05 Å². The number of carbonyl (C=O) groups excluding carboxylic acids is 1. The number of fused-ring (bicyclic) bond motifs is 1. The van der Waals surface area contributed by atoms with Crippen LogP contribution in [-0.4, -0.2) is 34.7 Å². The molecule has 0 bridgehead atoms. The summed E-state index contributed by atoms with van der Waals surface area (Å²) >= 11 is 0. The molecule has 3 aromatic heterocycles. The van der Waals surface area contributed by atoms with Crippen molar-refractivity contribution >= 4 is 22.6 Å². The number of methoxy groups -OCH3 is 2. The van der Waals surface area contributed by atoms with Crippen molar-refractivity contribution in [2.75, 3.05) is 19.5 Å². The number of pyridine rings is 3. The lowest BCUT2D eigenvalue weighted by molar-refractivity contribution is 0.102. The van der Waals surface area contributed by atoms with Gasteiger partial charge < -0.3 is 24.1 Å². The van der Waals surface area contributed by atoms with Crippen molar-refractivity contribution in [3.63, 3.8) is 0 Å². The zero-order valence-electron chi connectivity index (χ0n) is 22.8. The Hall–Kier alpha value is -5.39. The molecule has 42 heavy (non-hydrogen) atoms. The average molecular weight is 577 g/mol. The molecule has 0 aliphatic rings. The lowest BCUT2D eigenvalue weighted by Crippen LogP contribution is -2.26. The van der Waals surface area contributed by atoms with Crippen molar-refractivity contribution in [2.45, 2.75) is 6.92 Å². The van der Waals surface area contributed by atoms with Crippen LogP contribution in [0.4, 0.5) is 18.9 Å². The van der Waals surface area contributed by atoms with Gasteiger partial charge in [-0.15, -0.1) is 0 Å². The van der Waals surface area contributed by atoms with Crippen LogP contribution in [0, 0.1) is 24.4 Å². The molecule has 5 rings (SSSR count). The van der Waals surface area contributed by atoms with Gasteiger partial charge in [0.05, 0.1) is 25.4 Å². The maximum Gasteiger partial charge on any atom is 0.261 e. The van der Waals surface area contributed by atoms with Crippen molar-refractivity contribution in [1.82, 2.24) is 14.5 Å². The highest BCUT2D eigenvalue weighted by atomic mass is 19.2. The van der Waals surface area contributed by atoms with Crippen LogP contribution in [0.2, 0.25) is 0 Å². The molecule has 1 amide bonds. The zero-order chi connectivity index (χ0) is 30.1. The smallest absolute Gasteiger partial charge is 0.261 e. The van der Waals surface area contributed by atoms with Gasteiger partial charge in [0.25, 0.3) is 11.8 Å². The molecule has 5 aromatic rings. The second-order valence-electron chi connectivity index (χ2n) is 9.12. The first-order valence-corrected chi connectivity index (χ1v) is 12.4. The SMILES string of the molecule is COc1cc2nccc(Oc3ccc(NC(=O)c4cn(C)c(C)c(-c5ccc(F)cc5)c4=O)c(F)c3F)c2nc1OC. The van der Waals surface area contributed by atoms with Gasteiger partial charge in [-0.2, -0.15) is 4.39 Å². The van der Waals surface area contributed by atoms with Gasteiger partial charge in [0, 0.05) is 42.8 Å². The first-order chi connectivity index (χ1) is 20.1. The van der Waals surface area contributed by atoms with E-state index in [0.29, 0.717) is 22.5 Å². The molecule has 1 N–H and O–H groups in total. The van der Waals surface area contributed by atoms with Crippen molar-refractivity contribution in [3.05, 3.63) is 99.9 Å². The molecule has 9 nitrogen and oxygen atoms in total. The summed E-state index contributed by atoms with van der Waals surface area (Å²) in [5, 5.41) is 2.26. The number of aryl methyl sites for hydroxylation is 1. The van der Waals surface area contributed by atoms with Gasteiger partial charge >= 0.3 is 0 Å². The average Bonchev–Trinajstić information content (AvgIpc) is 2.99. The number of amides is 1. The third-order valence-electron chi connectivity index (χ3n) is 6.60. The van der Waals surface area contributed by atoms with E-state index in [1.807, 2.05) is 0 Å². The highest BCUT2D eigenvalue weighted by Crippen LogP contribution is 2.36. The molecule has 0 spiro atoms. The quantitative estimate of drug-likeness (QED) is 0.262. The summed E-state index contributed by atoms with van der Waals surface area (Å²) in [6.07, 6.45) is 2.69. The molecule has 0 aliphatic heterocycles. The number of carbonyl (C=O) groups is 1. The molecule has 214 valence electrons. The molecular formula is C30H23F3N4O5. The number of nitrogens with one attached hydrogen (secondary N) is 1. The summed E-state index contributed by atoms with van der Waals surface area (Å²) in [7, 11) is 4.45. The monoisotopic (exact) mass is 576 g/mol. The number of benzene rings is 2. The van der Waals surface area contributed by atoms with Crippen LogP contribution < -0.4 is 25.0 Å². The van der Waals surface area contributed by atoms with Gasteiger partial charge in [-0.05, 0) is 36.8 Å². The van der Waals surface area contributed by atoms with Crippen LogP contribution in [0.3, 0.4) is 0 Å². The van der Waals surface area contributed by atoms with E-state index in [1.54, 1.807) is 24.6 Å². The zero-order valence-corrected chi connectivity index (χ0v) is 22.8. The van der Waals surface area contributed by atoms with Crippen molar-refractivity contribution in [2.24, 2.45) is 7.05 Å². The second kappa shape index (κ2) is 11.2. The Labute approximate surface area is 237 Å². The van der Waals surface area contributed by atoms with E-state index in [4.69, 9.17) is 14.2 Å². The van der Waals surface area contributed by atoms with Crippen LogP contribution in [0.1, 0.15) is 16.1 Å². The van der Waals surface area contributed by atoms with Crippen molar-refractivity contribution in [1.29, 1.82) is 0 Å². The Morgan fingerprint density at radius 3 is 2.36 bits per heavy atom. The van der Waals surface area contributed by atoms with E-state index in [2.05, 4.69) is 15.3 Å². The number of aromatic nitrogens is 3. The Morgan fingerprint density at radius 1 is 0.929 bits per heavy atom. The van der Waals surface area contributed by atoms with Gasteiger partial charge in [0.1, 0.15) is 16.9 Å². The summed E-state index contributed by atoms with van der Waals surface area (Å²) in [5.41, 5.74) is 0.177. The summed E-state index contributed by atoms with van der Waals surface area (Å²) in [6.45, 7) is 1.67. The third kappa shape index (κ3) is 5.09. The predicted molar refractivity (Wildman–Crippen MR) is 149 cm³/mol. The molecular weight excluding hydrogens is 553 g/mol. The number of rotatable bonds is 7. The van der Waals surface area contributed by atoms with Gasteiger partial charge in [0.2, 0.25) is 11.2 Å². The maximum atomic E-state index is 15.2. The maximum absolute atomic E-state index is 15.2. The van der Waals surface area contributed by atoms with E-state index < -0.39 is 40.2 Å². The van der Waals surface area contributed by atoms with Crippen LogP contribution >= 0.6 is 0 Å². The van der Waals surface area contributed by atoms with Gasteiger partial charge in [0.15, 0.2) is 23.1 Å². The number of ether oxygens (including phenoxy) is 3. The number of nitrogens with zero attached hydrogens (tertiary/aromatic N) is 3. The fourth-order valence-electron chi connectivity index (χ4n) is 4.34. The minimum atomic E-state index is -1.41. The fourth-order valence-corrected chi connectivity index (χ4v) is 4.34. The second-order valence-corrected chi connectivity index (χ2v) is 9.12. The number of halogens is 3. The summed E-state index contributed by atoms with van der Waals surface area (Å²) in [6, 6.07) is 10.4. The van der Waals surface area contributed by atoms with Gasteiger partial charge in [-0.3, -0.25) is 14.6 Å². The van der Waals surface area contributed by atoms with E-state index >= 15 is 8.78 Å². The minimum Gasteiger partial charge on any atom is -0.491 e. The van der Waals surface area contributed by atoms with Crippen molar-refractivity contribution in [3.8, 4) is 34.3 Å². The summed E-state index contributed by atoms with van der Waals surface area (Å²) in [5.74, 6) is -4.21. The first-order valence-electron chi connectivity index (χ1n) is 12.4. The minimum absolute atomic E-state index is 0.0625. The summed E-state index contributed by atoms with van der Waals surface area (Å²) in [4.78, 5) is 34.9. The van der Waals surface area contributed by atoms with Crippen LogP contribution in [0.15, 0.2) is 65.7 Å². The number of hydrogen-bond acceptors (Lipinski definition) is 7. The van der Waals surface area contributed by atoms with Crippen LogP contribution in [0.25, 0.3) is 22.2 Å². The largest absolute Gasteiger partial charge is 0.491 e. The van der Waals surface area contributed by atoms with E-state index in [1.165, 1.54) is 56.9 Å². The van der Waals surface area contributed by atoms with E-state index in [-0.39, 0.29) is 28.3 Å². The van der Waals surface area contributed by atoms with E-state index in [9.17, 15) is 14.0 Å². The lowest BCUT2D eigenvalue weighted by atomic mass is 10.0. The molecule has 0 radical (unpaired) electrons. The highest BCUT2D eigenvalue weighted by molar-refractivity contribution is 6.05. The molecule has 0 unspecified atom stereocenters. The highest BCUT2D eigenvalue weighted by Gasteiger charge is 2.22. The Morgan fingerprint density at radius 2 is 1.67 bits per heavy atom. The van der Waals surface area contributed by atoms with E-state index in [0.717, 1.165) is 12.1 Å². The molecule has 2 aromatic carbocycles. The molecule has 3 heterocycles. The Kier molecular flexibility index (Phi) is 7.53. The molecule has 0 aliphatic carbocycles. The molecule has 0 fully saturated rings. The Bertz CT molecular complexity index is 1910. The van der Waals surface area contributed by atoms with Crippen LogP contribution in [0.5, 0.6) is 23.1 Å². The Balaban J connectivity index is 1.46. The molecule has 12 heteroatoms. The number of anilines is 1. The van der Waals surface area contributed by atoms with Crippen molar-refractivity contribution < 1.29 is 32.2 Å². The van der Waals surface area contributed by atoms with Gasteiger partial charge in [-0.1, -0.05) is 12.1 Å². The fraction of sp³-hybridized carbons (Fsp3) is 0.133. The molecule has 0 saturated heterocycles. The predicted octanol–water partition coefficient (Wildman–Crippen LogP) is 5.78. The third-order valence-corrected chi connectivity index (χ3v) is 6.60. The molecule has 0 saturated carbocycles. The normalized spacial score (nSPS) is 10.9. The van der Waals surface area contributed by atoms with Gasteiger partial charge in [-0.25, -0.2) is 13.8 Å². The topological polar surface area (TPSA) is 105 Å². The standard InChI is InChI=1S/C30H23F3N4O5/c1-15-24(16-5-7-17(31)8-6-16)28(38)18(14-37(15)2)29(39)35-19-9-10-21(26(33)25(19)32)42-22-11-12-34-20-13-23(40-3)30(41-4)36-27(20)22/h5-14H,1-4H3,(H,35,39).